The summed E-state index contributed by atoms with van der Waals surface area (Å²) < 4.78 is 5.62. The van der Waals surface area contributed by atoms with Gasteiger partial charge in [0, 0.05) is 37.2 Å². The quantitative estimate of drug-likeness (QED) is 0.847. The zero-order chi connectivity index (χ0) is 13.7. The van der Waals surface area contributed by atoms with Crippen molar-refractivity contribution in [1.82, 2.24) is 4.98 Å². The Hall–Kier alpha value is -1.42. The Labute approximate surface area is 114 Å². The number of nitrogens with zero attached hydrogens (tertiary/aromatic N) is 1. The molecule has 1 fully saturated rings. The topological polar surface area (TPSA) is 65.2 Å². The molecular weight excluding hydrogens is 240 g/mol. The molecule has 19 heavy (non-hydrogen) atoms. The molecule has 2 rings (SSSR count). The van der Waals surface area contributed by atoms with E-state index in [9.17, 15) is 4.79 Å². The van der Waals surface area contributed by atoms with Gasteiger partial charge in [-0.25, -0.2) is 0 Å². The van der Waals surface area contributed by atoms with Crippen LogP contribution in [0, 0.1) is 0 Å². The molecule has 1 aliphatic carbocycles. The van der Waals surface area contributed by atoms with Crippen LogP contribution in [0.15, 0.2) is 18.5 Å². The van der Waals surface area contributed by atoms with Gasteiger partial charge in [-0.05, 0) is 18.9 Å². The third-order valence-electron chi connectivity index (χ3n) is 4.10. The zero-order valence-electron chi connectivity index (χ0n) is 11.5. The van der Waals surface area contributed by atoms with Crippen molar-refractivity contribution in [2.24, 2.45) is 0 Å². The molecule has 0 bridgehead atoms. The first-order chi connectivity index (χ1) is 9.18. The lowest BCUT2D eigenvalue weighted by Crippen LogP contribution is -2.41. The van der Waals surface area contributed by atoms with Crippen LogP contribution in [-0.4, -0.2) is 23.5 Å². The second kappa shape index (κ2) is 6.15. The van der Waals surface area contributed by atoms with E-state index in [4.69, 9.17) is 10.5 Å². The van der Waals surface area contributed by atoms with Crippen LogP contribution in [0.25, 0.3) is 0 Å². The third-order valence-corrected chi connectivity index (χ3v) is 4.10. The first kappa shape index (κ1) is 14.0. The van der Waals surface area contributed by atoms with Crippen LogP contribution in [0.5, 0.6) is 0 Å². The van der Waals surface area contributed by atoms with E-state index in [2.05, 4.69) is 4.98 Å². The van der Waals surface area contributed by atoms with Crippen LogP contribution in [-0.2, 0) is 16.0 Å². The summed E-state index contributed by atoms with van der Waals surface area (Å²) in [6.45, 7) is 0. The zero-order valence-corrected chi connectivity index (χ0v) is 11.5. The fraction of sp³-hybridized carbons (Fsp3) is 0.600. The number of anilines is 1. The van der Waals surface area contributed by atoms with Crippen molar-refractivity contribution in [3.63, 3.8) is 0 Å². The predicted molar refractivity (Wildman–Crippen MR) is 74.8 cm³/mol. The van der Waals surface area contributed by atoms with Gasteiger partial charge in [0.2, 0.25) is 0 Å². The fourth-order valence-corrected chi connectivity index (χ4v) is 2.82. The van der Waals surface area contributed by atoms with Gasteiger partial charge in [-0.2, -0.15) is 0 Å². The molecule has 0 saturated heterocycles. The van der Waals surface area contributed by atoms with Gasteiger partial charge < -0.3 is 10.5 Å². The molecule has 1 saturated carbocycles. The molecule has 0 spiro atoms. The third kappa shape index (κ3) is 3.13. The maximum atomic E-state index is 12.6. The van der Waals surface area contributed by atoms with E-state index in [0.29, 0.717) is 12.1 Å². The molecule has 4 heteroatoms. The van der Waals surface area contributed by atoms with Crippen LogP contribution in [0.3, 0.4) is 0 Å². The second-order valence-electron chi connectivity index (χ2n) is 5.29. The first-order valence-corrected chi connectivity index (χ1v) is 6.95. The van der Waals surface area contributed by atoms with Gasteiger partial charge in [0.15, 0.2) is 5.78 Å². The Morgan fingerprint density at radius 1 is 1.37 bits per heavy atom. The highest BCUT2D eigenvalue weighted by Gasteiger charge is 2.38. The van der Waals surface area contributed by atoms with Crippen molar-refractivity contribution in [3.8, 4) is 0 Å². The number of hydrogen-bond donors (Lipinski definition) is 1. The van der Waals surface area contributed by atoms with Crippen molar-refractivity contribution in [3.05, 3.63) is 24.0 Å². The number of methoxy groups -OCH3 is 1. The van der Waals surface area contributed by atoms with Crippen LogP contribution in [0.2, 0.25) is 0 Å². The average Bonchev–Trinajstić information content (AvgIpc) is 2.67. The standard InChI is InChI=1S/C15H22N2O2/c1-19-15(7-4-2-3-5-8-15)14(18)10-12-11-17-9-6-13(12)16/h6,9,11H,2-5,7-8,10H2,1H3,(H2,16,17). The van der Waals surface area contributed by atoms with E-state index in [1.807, 2.05) is 0 Å². The molecule has 0 aromatic carbocycles. The normalized spacial score (nSPS) is 18.8. The van der Waals surface area contributed by atoms with Gasteiger partial charge in [-0.15, -0.1) is 0 Å². The van der Waals surface area contributed by atoms with E-state index >= 15 is 0 Å². The largest absolute Gasteiger partial charge is 0.398 e. The van der Waals surface area contributed by atoms with Crippen molar-refractivity contribution in [1.29, 1.82) is 0 Å². The lowest BCUT2D eigenvalue weighted by molar-refractivity contribution is -0.142. The van der Waals surface area contributed by atoms with Gasteiger partial charge in [-0.3, -0.25) is 9.78 Å². The van der Waals surface area contributed by atoms with E-state index in [1.54, 1.807) is 25.6 Å². The fourth-order valence-electron chi connectivity index (χ4n) is 2.82. The highest BCUT2D eigenvalue weighted by molar-refractivity contribution is 5.90. The van der Waals surface area contributed by atoms with E-state index in [1.165, 1.54) is 12.8 Å². The summed E-state index contributed by atoms with van der Waals surface area (Å²) >= 11 is 0. The molecule has 0 unspecified atom stereocenters. The van der Waals surface area contributed by atoms with E-state index < -0.39 is 5.60 Å². The minimum atomic E-state index is -0.612. The maximum absolute atomic E-state index is 12.6. The van der Waals surface area contributed by atoms with Gasteiger partial charge in [0.05, 0.1) is 0 Å². The lowest BCUT2D eigenvalue weighted by atomic mass is 9.86. The summed E-state index contributed by atoms with van der Waals surface area (Å²) in [5.41, 5.74) is 6.70. The summed E-state index contributed by atoms with van der Waals surface area (Å²) in [5, 5.41) is 0. The summed E-state index contributed by atoms with van der Waals surface area (Å²) in [7, 11) is 1.65. The monoisotopic (exact) mass is 262 g/mol. The number of ether oxygens (including phenoxy) is 1. The van der Waals surface area contributed by atoms with E-state index in [0.717, 1.165) is 31.2 Å². The highest BCUT2D eigenvalue weighted by Crippen LogP contribution is 2.32. The van der Waals surface area contributed by atoms with Gasteiger partial charge in [-0.1, -0.05) is 25.7 Å². The molecule has 0 atom stereocenters. The Morgan fingerprint density at radius 3 is 2.63 bits per heavy atom. The molecule has 1 aromatic heterocycles. The minimum absolute atomic E-state index is 0.136. The Bertz CT molecular complexity index is 438. The van der Waals surface area contributed by atoms with Crippen LogP contribution < -0.4 is 5.73 Å². The summed E-state index contributed by atoms with van der Waals surface area (Å²) in [5.74, 6) is 0.136. The van der Waals surface area contributed by atoms with Crippen LogP contribution in [0.1, 0.15) is 44.1 Å². The lowest BCUT2D eigenvalue weighted by Gasteiger charge is -2.30. The number of hydrogen-bond acceptors (Lipinski definition) is 4. The highest BCUT2D eigenvalue weighted by atomic mass is 16.5. The number of aromatic nitrogens is 1. The number of rotatable bonds is 4. The Morgan fingerprint density at radius 2 is 2.05 bits per heavy atom. The number of ketones is 1. The number of carbonyl (C=O) groups excluding carboxylic acids is 1. The van der Waals surface area contributed by atoms with Gasteiger partial charge >= 0.3 is 0 Å². The molecule has 1 aromatic rings. The number of nitrogen functional groups attached to an aromatic ring is 1. The molecule has 104 valence electrons. The Kier molecular flexibility index (Phi) is 4.53. The van der Waals surface area contributed by atoms with Crippen molar-refractivity contribution < 1.29 is 9.53 Å². The molecule has 2 N–H and O–H groups in total. The summed E-state index contributed by atoms with van der Waals surface area (Å²) in [6.07, 6.45) is 9.76. The molecule has 0 radical (unpaired) electrons. The maximum Gasteiger partial charge on any atom is 0.169 e. The van der Waals surface area contributed by atoms with Crippen molar-refractivity contribution in [2.45, 2.75) is 50.5 Å². The van der Waals surface area contributed by atoms with Gasteiger partial charge in [0.1, 0.15) is 5.60 Å². The number of nitrogens with two attached hydrogens (primary N) is 1. The molecule has 1 heterocycles. The van der Waals surface area contributed by atoms with Crippen molar-refractivity contribution in [2.75, 3.05) is 12.8 Å². The summed E-state index contributed by atoms with van der Waals surface area (Å²) in [4.78, 5) is 16.7. The molecular formula is C15H22N2O2. The SMILES string of the molecule is COC1(C(=O)Cc2cnccc2N)CCCCCC1. The van der Waals surface area contributed by atoms with Crippen LogP contribution in [0.4, 0.5) is 5.69 Å². The molecule has 0 amide bonds. The minimum Gasteiger partial charge on any atom is -0.398 e. The average molecular weight is 262 g/mol. The number of pyridine rings is 1. The van der Waals surface area contributed by atoms with Gasteiger partial charge in [0.25, 0.3) is 0 Å². The number of carbonyl (C=O) groups is 1. The second-order valence-corrected chi connectivity index (χ2v) is 5.29. The summed E-state index contributed by atoms with van der Waals surface area (Å²) in [6, 6.07) is 1.73. The Balaban J connectivity index is 2.14. The van der Waals surface area contributed by atoms with Crippen molar-refractivity contribution >= 4 is 11.5 Å². The number of Topliss-reactive ketones (excluding diaryl/α,β-unsaturated/α-hetero) is 1. The van der Waals surface area contributed by atoms with Crippen LogP contribution >= 0.6 is 0 Å². The predicted octanol–water partition coefficient (Wildman–Crippen LogP) is 2.51. The first-order valence-electron chi connectivity index (χ1n) is 6.95. The smallest absolute Gasteiger partial charge is 0.169 e. The van der Waals surface area contributed by atoms with E-state index in [-0.39, 0.29) is 5.78 Å². The molecule has 0 aliphatic heterocycles. The molecule has 4 nitrogen and oxygen atoms in total. The molecule has 1 aliphatic rings.